The lowest BCUT2D eigenvalue weighted by Crippen LogP contribution is -2.64. The third kappa shape index (κ3) is 5.40. The number of rotatable bonds is 8. The Labute approximate surface area is 215 Å². The predicted molar refractivity (Wildman–Crippen MR) is 148 cm³/mol. The molecule has 1 N–H and O–H groups in total. The van der Waals surface area contributed by atoms with E-state index in [1.165, 1.54) is 39.6 Å². The highest BCUT2D eigenvalue weighted by atomic mass is 35.5. The molecule has 1 spiro atoms. The van der Waals surface area contributed by atoms with E-state index in [1.807, 2.05) is 23.5 Å². The SMILES string of the molecule is C=C1C(CC(C)C)NC(=C)C2(CCN(Cc3ccc(-c4ccc(Cl)cc4)s3)CC2)N1CCCC. The standard InChI is InChI=1S/C29H40ClN3S/c1-6-7-16-33-22(4)27(19-21(2)3)31-23(5)29(33)14-17-32(18-15-29)20-26-12-13-28(34-26)24-8-10-25(30)11-9-24/h8-13,21,27,31H,4-7,14-20H2,1-3H3. The summed E-state index contributed by atoms with van der Waals surface area (Å²) in [6.45, 7) is 20.3. The second-order valence-corrected chi connectivity index (χ2v) is 12.0. The van der Waals surface area contributed by atoms with Crippen molar-refractivity contribution in [3.63, 3.8) is 0 Å². The van der Waals surface area contributed by atoms with Gasteiger partial charge in [-0.05, 0) is 61.4 Å². The van der Waals surface area contributed by atoms with Crippen LogP contribution in [0.15, 0.2) is 61.0 Å². The molecule has 2 saturated heterocycles. The monoisotopic (exact) mass is 497 g/mol. The van der Waals surface area contributed by atoms with Gasteiger partial charge < -0.3 is 10.2 Å². The van der Waals surface area contributed by atoms with Crippen molar-refractivity contribution in [1.29, 1.82) is 0 Å². The first-order valence-corrected chi connectivity index (χ1v) is 14.0. The van der Waals surface area contributed by atoms with Crippen LogP contribution in [0, 0.1) is 5.92 Å². The fourth-order valence-electron chi connectivity index (χ4n) is 5.50. The number of piperazine rings is 1. The van der Waals surface area contributed by atoms with Crippen LogP contribution in [0.2, 0.25) is 5.02 Å². The van der Waals surface area contributed by atoms with Crippen LogP contribution < -0.4 is 5.32 Å². The van der Waals surface area contributed by atoms with E-state index in [-0.39, 0.29) is 5.54 Å². The molecule has 1 unspecified atom stereocenters. The van der Waals surface area contributed by atoms with Gasteiger partial charge >= 0.3 is 0 Å². The molecule has 5 heteroatoms. The van der Waals surface area contributed by atoms with E-state index < -0.39 is 0 Å². The number of benzene rings is 1. The van der Waals surface area contributed by atoms with E-state index in [2.05, 4.69) is 73.3 Å². The highest BCUT2D eigenvalue weighted by Gasteiger charge is 2.47. The van der Waals surface area contributed by atoms with Crippen molar-refractivity contribution in [1.82, 2.24) is 15.1 Å². The zero-order chi connectivity index (χ0) is 24.3. The molecule has 0 saturated carbocycles. The molecule has 184 valence electrons. The minimum Gasteiger partial charge on any atom is -0.379 e. The van der Waals surface area contributed by atoms with E-state index in [1.54, 1.807) is 0 Å². The molecule has 1 atom stereocenters. The Morgan fingerprint density at radius 3 is 2.47 bits per heavy atom. The lowest BCUT2D eigenvalue weighted by molar-refractivity contribution is 0.0403. The van der Waals surface area contributed by atoms with Crippen molar-refractivity contribution >= 4 is 22.9 Å². The van der Waals surface area contributed by atoms with Gasteiger partial charge in [-0.25, -0.2) is 0 Å². The molecule has 1 aromatic heterocycles. The lowest BCUT2D eigenvalue weighted by Gasteiger charge is -2.57. The van der Waals surface area contributed by atoms with Crippen LogP contribution in [0.3, 0.4) is 0 Å². The van der Waals surface area contributed by atoms with E-state index in [0.29, 0.717) is 12.0 Å². The van der Waals surface area contributed by atoms with Crippen molar-refractivity contribution in [3.05, 3.63) is 70.8 Å². The number of hydrogen-bond donors (Lipinski definition) is 1. The van der Waals surface area contributed by atoms with Crippen molar-refractivity contribution in [2.24, 2.45) is 5.92 Å². The van der Waals surface area contributed by atoms with Gasteiger partial charge in [0.05, 0.1) is 11.6 Å². The quantitative estimate of drug-likeness (QED) is 0.406. The van der Waals surface area contributed by atoms with Gasteiger partial charge in [0.1, 0.15) is 0 Å². The van der Waals surface area contributed by atoms with Crippen LogP contribution in [-0.2, 0) is 6.54 Å². The third-order valence-electron chi connectivity index (χ3n) is 7.47. The molecular weight excluding hydrogens is 458 g/mol. The Hall–Kier alpha value is -1.75. The normalized spacial score (nSPS) is 20.9. The molecule has 34 heavy (non-hydrogen) atoms. The largest absolute Gasteiger partial charge is 0.379 e. The summed E-state index contributed by atoms with van der Waals surface area (Å²) < 4.78 is 0. The van der Waals surface area contributed by atoms with Crippen LogP contribution in [0.1, 0.15) is 57.8 Å². The number of nitrogens with zero attached hydrogens (tertiary/aromatic N) is 2. The maximum atomic E-state index is 6.06. The van der Waals surface area contributed by atoms with Gasteiger partial charge in [-0.1, -0.05) is 64.1 Å². The van der Waals surface area contributed by atoms with Crippen molar-refractivity contribution < 1.29 is 0 Å². The molecule has 0 aliphatic carbocycles. The molecule has 3 heterocycles. The number of hydrogen-bond acceptors (Lipinski definition) is 4. The van der Waals surface area contributed by atoms with Gasteiger partial charge in [0.25, 0.3) is 0 Å². The van der Waals surface area contributed by atoms with Crippen molar-refractivity contribution in [3.8, 4) is 10.4 Å². The molecule has 3 nitrogen and oxygen atoms in total. The first-order valence-electron chi connectivity index (χ1n) is 12.8. The highest BCUT2D eigenvalue weighted by Crippen LogP contribution is 2.42. The molecule has 2 fully saturated rings. The van der Waals surface area contributed by atoms with E-state index >= 15 is 0 Å². The third-order valence-corrected chi connectivity index (χ3v) is 8.84. The molecule has 2 aliphatic rings. The van der Waals surface area contributed by atoms with Crippen molar-refractivity contribution in [2.45, 2.75) is 71.0 Å². The van der Waals surface area contributed by atoms with Gasteiger partial charge in [0.2, 0.25) is 0 Å². The summed E-state index contributed by atoms with van der Waals surface area (Å²) in [5.41, 5.74) is 3.72. The fraction of sp³-hybridized carbons (Fsp3) is 0.517. The van der Waals surface area contributed by atoms with Crippen LogP contribution in [-0.4, -0.2) is 41.0 Å². The summed E-state index contributed by atoms with van der Waals surface area (Å²) >= 11 is 7.95. The average molecular weight is 498 g/mol. The average Bonchev–Trinajstić information content (AvgIpc) is 3.27. The Bertz CT molecular complexity index is 985. The van der Waals surface area contributed by atoms with E-state index in [9.17, 15) is 0 Å². The summed E-state index contributed by atoms with van der Waals surface area (Å²) in [5, 5.41) is 4.58. The van der Waals surface area contributed by atoms with Gasteiger partial charge in [-0.15, -0.1) is 11.3 Å². The minimum absolute atomic E-state index is 0.000149. The smallest absolute Gasteiger partial charge is 0.0814 e. The number of thiophene rings is 1. The molecule has 0 radical (unpaired) electrons. The number of nitrogens with one attached hydrogen (secondary N) is 1. The molecule has 0 bridgehead atoms. The van der Waals surface area contributed by atoms with Crippen LogP contribution >= 0.6 is 22.9 Å². The van der Waals surface area contributed by atoms with Gasteiger partial charge in [-0.3, -0.25) is 4.90 Å². The number of halogens is 1. The Morgan fingerprint density at radius 1 is 1.12 bits per heavy atom. The summed E-state index contributed by atoms with van der Waals surface area (Å²) in [4.78, 5) is 7.98. The predicted octanol–water partition coefficient (Wildman–Crippen LogP) is 7.55. The van der Waals surface area contributed by atoms with Crippen LogP contribution in [0.4, 0.5) is 0 Å². The Kier molecular flexibility index (Phi) is 8.12. The molecule has 4 rings (SSSR count). The molecule has 2 aromatic rings. The first-order chi connectivity index (χ1) is 16.3. The second kappa shape index (κ2) is 10.9. The van der Waals surface area contributed by atoms with Crippen LogP contribution in [0.5, 0.6) is 0 Å². The van der Waals surface area contributed by atoms with Crippen molar-refractivity contribution in [2.75, 3.05) is 19.6 Å². The zero-order valence-corrected chi connectivity index (χ0v) is 22.7. The summed E-state index contributed by atoms with van der Waals surface area (Å²) in [6.07, 6.45) is 5.72. The zero-order valence-electron chi connectivity index (χ0n) is 21.1. The summed E-state index contributed by atoms with van der Waals surface area (Å²) in [5.74, 6) is 0.634. The minimum atomic E-state index is 0.000149. The number of piperidine rings is 1. The van der Waals surface area contributed by atoms with Gasteiger partial charge in [-0.2, -0.15) is 0 Å². The first kappa shape index (κ1) is 25.3. The lowest BCUT2D eigenvalue weighted by atomic mass is 9.78. The molecular formula is C29H40ClN3S. The number of likely N-dealkylation sites (tertiary alicyclic amines) is 1. The molecule has 1 aromatic carbocycles. The Morgan fingerprint density at radius 2 is 1.82 bits per heavy atom. The summed E-state index contributed by atoms with van der Waals surface area (Å²) in [7, 11) is 0. The summed E-state index contributed by atoms with van der Waals surface area (Å²) in [6, 6.07) is 13.0. The Balaban J connectivity index is 1.43. The van der Waals surface area contributed by atoms with E-state index in [4.69, 9.17) is 11.6 Å². The second-order valence-electron chi connectivity index (χ2n) is 10.4. The molecule has 2 aliphatic heterocycles. The maximum absolute atomic E-state index is 6.06. The number of unbranched alkanes of at least 4 members (excludes halogenated alkanes) is 1. The highest BCUT2D eigenvalue weighted by molar-refractivity contribution is 7.15. The van der Waals surface area contributed by atoms with Gasteiger partial charge in [0.15, 0.2) is 0 Å². The molecule has 0 amide bonds. The van der Waals surface area contributed by atoms with Gasteiger partial charge in [0, 0.05) is 52.4 Å². The fourth-order valence-corrected chi connectivity index (χ4v) is 6.68. The maximum Gasteiger partial charge on any atom is 0.0814 e. The topological polar surface area (TPSA) is 18.5 Å². The van der Waals surface area contributed by atoms with E-state index in [0.717, 1.165) is 50.5 Å². The van der Waals surface area contributed by atoms with Crippen LogP contribution in [0.25, 0.3) is 10.4 Å².